The summed E-state index contributed by atoms with van der Waals surface area (Å²) in [4.78, 5) is 35.5. The van der Waals surface area contributed by atoms with Gasteiger partial charge in [-0.05, 0) is 11.6 Å². The molecule has 1 heterocycles. The lowest BCUT2D eigenvalue weighted by atomic mass is 10.2. The average molecular weight is 342 g/mol. The Morgan fingerprint density at radius 3 is 2.40 bits per heavy atom. The molecule has 0 saturated carbocycles. The molecular weight excluding hydrogens is 320 g/mol. The molecular formula is C18H22N4O3. The van der Waals surface area contributed by atoms with Gasteiger partial charge in [0.25, 0.3) is 11.5 Å². The fraction of sp³-hybridized carbons (Fsp3) is 0.333. The van der Waals surface area contributed by atoms with Crippen LogP contribution in [0.5, 0.6) is 0 Å². The van der Waals surface area contributed by atoms with Crippen LogP contribution in [0.25, 0.3) is 0 Å². The molecule has 7 nitrogen and oxygen atoms in total. The van der Waals surface area contributed by atoms with E-state index in [1.54, 1.807) is 13.8 Å². The lowest BCUT2D eigenvalue weighted by Crippen LogP contribution is -2.37. The minimum atomic E-state index is -0.388. The molecule has 0 saturated heterocycles. The zero-order valence-electron chi connectivity index (χ0n) is 14.4. The normalized spacial score (nSPS) is 10.5. The Bertz CT molecular complexity index is 784. The smallest absolute Gasteiger partial charge is 0.271 e. The third kappa shape index (κ3) is 5.56. The summed E-state index contributed by atoms with van der Waals surface area (Å²) in [6.07, 6.45) is 0. The van der Waals surface area contributed by atoms with Gasteiger partial charge >= 0.3 is 0 Å². The second kappa shape index (κ2) is 8.77. The Morgan fingerprint density at radius 1 is 1.04 bits per heavy atom. The van der Waals surface area contributed by atoms with Crippen molar-refractivity contribution in [3.05, 3.63) is 64.1 Å². The van der Waals surface area contributed by atoms with Gasteiger partial charge in [0.05, 0.1) is 6.54 Å². The van der Waals surface area contributed by atoms with Gasteiger partial charge in [-0.15, -0.1) is 0 Å². The van der Waals surface area contributed by atoms with Gasteiger partial charge in [-0.2, -0.15) is 5.10 Å². The van der Waals surface area contributed by atoms with Crippen molar-refractivity contribution in [1.29, 1.82) is 0 Å². The molecule has 2 aromatic rings. The Kier molecular flexibility index (Phi) is 6.45. The molecule has 2 amide bonds. The summed E-state index contributed by atoms with van der Waals surface area (Å²) in [5.41, 5.74) is 0.807. The molecule has 0 atom stereocenters. The second-order valence-corrected chi connectivity index (χ2v) is 5.90. The van der Waals surface area contributed by atoms with Crippen molar-refractivity contribution in [2.75, 3.05) is 13.1 Å². The SMILES string of the molecule is CC(C)C(=O)NCCNC(=O)c1ccc(=O)n(Cc2ccccc2)n1. The number of rotatable bonds is 7. The molecule has 1 aromatic carbocycles. The van der Waals surface area contributed by atoms with Gasteiger partial charge in [-0.3, -0.25) is 14.4 Å². The molecule has 0 spiro atoms. The van der Waals surface area contributed by atoms with Gasteiger partial charge < -0.3 is 10.6 Å². The zero-order valence-corrected chi connectivity index (χ0v) is 14.4. The highest BCUT2D eigenvalue weighted by Crippen LogP contribution is 2.00. The highest BCUT2D eigenvalue weighted by molar-refractivity contribution is 5.92. The number of hydrogen-bond donors (Lipinski definition) is 2. The van der Waals surface area contributed by atoms with Crippen molar-refractivity contribution in [2.45, 2.75) is 20.4 Å². The van der Waals surface area contributed by atoms with E-state index in [1.807, 2.05) is 30.3 Å². The minimum absolute atomic E-state index is 0.0659. The Balaban J connectivity index is 1.95. The van der Waals surface area contributed by atoms with Crippen molar-refractivity contribution in [2.24, 2.45) is 5.92 Å². The first kappa shape index (κ1) is 18.4. The molecule has 0 aliphatic rings. The molecule has 0 aliphatic heterocycles. The van der Waals surface area contributed by atoms with E-state index < -0.39 is 0 Å². The summed E-state index contributed by atoms with van der Waals surface area (Å²) in [5, 5.41) is 9.50. The van der Waals surface area contributed by atoms with Crippen LogP contribution in [-0.2, 0) is 11.3 Å². The predicted octanol–water partition coefficient (Wildman–Crippen LogP) is 0.794. The van der Waals surface area contributed by atoms with Crippen molar-refractivity contribution >= 4 is 11.8 Å². The first-order valence-electron chi connectivity index (χ1n) is 8.15. The molecule has 2 N–H and O–H groups in total. The van der Waals surface area contributed by atoms with E-state index in [-0.39, 0.29) is 35.5 Å². The molecule has 0 radical (unpaired) electrons. The third-order valence-electron chi connectivity index (χ3n) is 3.51. The van der Waals surface area contributed by atoms with Crippen LogP contribution in [-0.4, -0.2) is 34.7 Å². The van der Waals surface area contributed by atoms with E-state index >= 15 is 0 Å². The first-order chi connectivity index (χ1) is 12.0. The molecule has 1 aromatic heterocycles. The maximum atomic E-state index is 12.1. The Labute approximate surface area is 146 Å². The maximum Gasteiger partial charge on any atom is 0.271 e. The lowest BCUT2D eigenvalue weighted by molar-refractivity contribution is -0.123. The standard InChI is InChI=1S/C18H22N4O3/c1-13(2)17(24)19-10-11-20-18(25)15-8-9-16(23)22(21-15)12-14-6-4-3-5-7-14/h3-9,13H,10-12H2,1-2H3,(H,19,24)(H,20,25). The summed E-state index contributed by atoms with van der Waals surface area (Å²) in [7, 11) is 0. The Morgan fingerprint density at radius 2 is 1.72 bits per heavy atom. The number of amides is 2. The highest BCUT2D eigenvalue weighted by Gasteiger charge is 2.10. The second-order valence-electron chi connectivity index (χ2n) is 5.90. The summed E-state index contributed by atoms with van der Waals surface area (Å²) < 4.78 is 1.25. The van der Waals surface area contributed by atoms with Crippen LogP contribution < -0.4 is 16.2 Å². The van der Waals surface area contributed by atoms with Gasteiger partial charge in [0.15, 0.2) is 0 Å². The van der Waals surface area contributed by atoms with Gasteiger partial charge in [0.2, 0.25) is 5.91 Å². The van der Waals surface area contributed by atoms with E-state index in [2.05, 4.69) is 15.7 Å². The average Bonchev–Trinajstić information content (AvgIpc) is 2.61. The van der Waals surface area contributed by atoms with E-state index in [4.69, 9.17) is 0 Å². The van der Waals surface area contributed by atoms with Crippen LogP contribution in [0.1, 0.15) is 29.9 Å². The largest absolute Gasteiger partial charge is 0.354 e. The summed E-state index contributed by atoms with van der Waals surface area (Å²) in [6.45, 7) is 4.52. The van der Waals surface area contributed by atoms with Crippen LogP contribution >= 0.6 is 0 Å². The first-order valence-corrected chi connectivity index (χ1v) is 8.15. The molecule has 7 heteroatoms. The van der Waals surface area contributed by atoms with Crippen LogP contribution in [0, 0.1) is 5.92 Å². The molecule has 0 unspecified atom stereocenters. The molecule has 0 aliphatic carbocycles. The Hall–Kier alpha value is -2.96. The monoisotopic (exact) mass is 342 g/mol. The number of hydrogen-bond acceptors (Lipinski definition) is 4. The number of carbonyl (C=O) groups is 2. The van der Waals surface area contributed by atoms with Gasteiger partial charge in [0.1, 0.15) is 5.69 Å². The zero-order chi connectivity index (χ0) is 18.2. The number of benzene rings is 1. The van der Waals surface area contributed by atoms with Crippen molar-refractivity contribution in [1.82, 2.24) is 20.4 Å². The van der Waals surface area contributed by atoms with Gasteiger partial charge in [-0.25, -0.2) is 4.68 Å². The number of carbonyl (C=O) groups excluding carboxylic acids is 2. The molecule has 2 rings (SSSR count). The van der Waals surface area contributed by atoms with Gasteiger partial charge in [-0.1, -0.05) is 44.2 Å². The topological polar surface area (TPSA) is 93.1 Å². The number of aromatic nitrogens is 2. The lowest BCUT2D eigenvalue weighted by Gasteiger charge is -2.09. The molecule has 0 fully saturated rings. The van der Waals surface area contributed by atoms with E-state index in [0.717, 1.165) is 5.56 Å². The number of nitrogens with one attached hydrogen (secondary N) is 2. The number of nitrogens with zero attached hydrogens (tertiary/aromatic N) is 2. The molecule has 25 heavy (non-hydrogen) atoms. The fourth-order valence-electron chi connectivity index (χ4n) is 2.10. The van der Waals surface area contributed by atoms with Gasteiger partial charge in [0, 0.05) is 25.1 Å². The quantitative estimate of drug-likeness (QED) is 0.728. The third-order valence-corrected chi connectivity index (χ3v) is 3.51. The molecule has 132 valence electrons. The fourth-order valence-corrected chi connectivity index (χ4v) is 2.10. The summed E-state index contributed by atoms with van der Waals surface area (Å²) >= 11 is 0. The maximum absolute atomic E-state index is 12.1. The molecule has 0 bridgehead atoms. The van der Waals surface area contributed by atoms with Crippen LogP contribution in [0.15, 0.2) is 47.3 Å². The minimum Gasteiger partial charge on any atom is -0.354 e. The van der Waals surface area contributed by atoms with E-state index in [9.17, 15) is 14.4 Å². The van der Waals surface area contributed by atoms with Crippen LogP contribution in [0.4, 0.5) is 0 Å². The van der Waals surface area contributed by atoms with Crippen molar-refractivity contribution in [3.8, 4) is 0 Å². The highest BCUT2D eigenvalue weighted by atomic mass is 16.2. The van der Waals surface area contributed by atoms with Crippen LogP contribution in [0.2, 0.25) is 0 Å². The van der Waals surface area contributed by atoms with Crippen LogP contribution in [0.3, 0.4) is 0 Å². The van der Waals surface area contributed by atoms with Crippen molar-refractivity contribution in [3.63, 3.8) is 0 Å². The van der Waals surface area contributed by atoms with E-state index in [1.165, 1.54) is 16.8 Å². The summed E-state index contributed by atoms with van der Waals surface area (Å²) in [6, 6.07) is 12.1. The predicted molar refractivity (Wildman–Crippen MR) is 94.2 cm³/mol. The van der Waals surface area contributed by atoms with Crippen molar-refractivity contribution < 1.29 is 9.59 Å². The van der Waals surface area contributed by atoms with E-state index in [0.29, 0.717) is 13.1 Å². The summed E-state index contributed by atoms with van der Waals surface area (Å²) in [5.74, 6) is -0.552.